The van der Waals surface area contributed by atoms with E-state index in [0.717, 1.165) is 5.57 Å². The van der Waals surface area contributed by atoms with Crippen LogP contribution in [-0.4, -0.2) is 48.4 Å². The fourth-order valence-electron chi connectivity index (χ4n) is 6.62. The lowest BCUT2D eigenvalue weighted by atomic mass is 9.45. The third-order valence-corrected chi connectivity index (χ3v) is 8.41. The summed E-state index contributed by atoms with van der Waals surface area (Å²) < 4.78 is 16.8. The predicted octanol–water partition coefficient (Wildman–Crippen LogP) is 3.49. The first-order chi connectivity index (χ1) is 14.8. The molecule has 0 unspecified atom stereocenters. The van der Waals surface area contributed by atoms with Gasteiger partial charge in [0.25, 0.3) is 0 Å². The molecule has 0 heterocycles. The Bertz CT molecular complexity index is 860. The fourth-order valence-corrected chi connectivity index (χ4v) is 6.62. The number of carbonyl (C=O) groups excluding carboxylic acids is 3. The predicted molar refractivity (Wildman–Crippen MR) is 117 cm³/mol. The molecule has 7 nitrogen and oxygen atoms in total. The minimum atomic E-state index is -0.896. The lowest BCUT2D eigenvalue weighted by Gasteiger charge is -2.60. The molecular weight excluding hydrogens is 412 g/mol. The second kappa shape index (κ2) is 8.32. The molecule has 3 aliphatic carbocycles. The van der Waals surface area contributed by atoms with Crippen LogP contribution in [-0.2, 0) is 28.6 Å². The zero-order valence-electron chi connectivity index (χ0n) is 20.0. The van der Waals surface area contributed by atoms with Crippen molar-refractivity contribution in [1.29, 1.82) is 0 Å². The molecule has 7 heteroatoms. The van der Waals surface area contributed by atoms with Crippen molar-refractivity contribution in [2.24, 2.45) is 22.2 Å². The Morgan fingerprint density at radius 1 is 1.09 bits per heavy atom. The first-order valence-electron chi connectivity index (χ1n) is 11.3. The lowest BCUT2D eigenvalue weighted by molar-refractivity contribution is -0.184. The summed E-state index contributed by atoms with van der Waals surface area (Å²) in [4.78, 5) is 36.9. The molecule has 0 aromatic carbocycles. The average molecular weight is 449 g/mol. The summed E-state index contributed by atoms with van der Waals surface area (Å²) in [5.74, 6) is -1.45. The van der Waals surface area contributed by atoms with E-state index in [-0.39, 0.29) is 24.3 Å². The van der Waals surface area contributed by atoms with E-state index < -0.39 is 40.5 Å². The third kappa shape index (κ3) is 3.58. The van der Waals surface area contributed by atoms with E-state index in [9.17, 15) is 19.5 Å². The van der Waals surface area contributed by atoms with E-state index in [1.807, 2.05) is 20.8 Å². The van der Waals surface area contributed by atoms with Crippen LogP contribution < -0.4 is 0 Å². The van der Waals surface area contributed by atoms with Crippen LogP contribution in [0.5, 0.6) is 0 Å². The number of hydrogen-bond acceptors (Lipinski definition) is 7. The molecule has 0 spiro atoms. The van der Waals surface area contributed by atoms with Crippen molar-refractivity contribution in [3.63, 3.8) is 0 Å². The number of methoxy groups -OCH3 is 1. The molecule has 0 aliphatic heterocycles. The normalized spacial score (nSPS) is 41.1. The zero-order chi connectivity index (χ0) is 24.1. The molecular formula is C25H36O7. The molecule has 0 aromatic heterocycles. The molecule has 1 fully saturated rings. The van der Waals surface area contributed by atoms with Crippen molar-refractivity contribution in [2.75, 3.05) is 7.11 Å². The standard InChI is InChI=1S/C25H36O7/c1-8-23(4)11-9-16-20(21(23)32-15(3)27)17(28)13-18-24(5,22(29)30-7)12-10-19(25(16,18)6)31-14(2)26/h8,17-19,21,28H,1,9-13H2,2-7H3/t17-,18+,19+,21-,23+,24-,25-/m1/s1. The van der Waals surface area contributed by atoms with Gasteiger partial charge < -0.3 is 19.3 Å². The molecule has 0 aromatic rings. The Balaban J connectivity index is 2.25. The molecule has 3 rings (SSSR count). The Labute approximate surface area is 190 Å². The highest BCUT2D eigenvalue weighted by molar-refractivity contribution is 5.77. The number of rotatable bonds is 4. The van der Waals surface area contributed by atoms with Gasteiger partial charge in [-0.2, -0.15) is 0 Å². The van der Waals surface area contributed by atoms with Gasteiger partial charge in [-0.25, -0.2) is 0 Å². The van der Waals surface area contributed by atoms with Crippen LogP contribution in [0.3, 0.4) is 0 Å². The Hall–Kier alpha value is -2.15. The summed E-state index contributed by atoms with van der Waals surface area (Å²) in [5, 5.41) is 11.4. The van der Waals surface area contributed by atoms with E-state index in [0.29, 0.717) is 31.3 Å². The molecule has 0 bridgehead atoms. The van der Waals surface area contributed by atoms with Gasteiger partial charge in [0.05, 0.1) is 18.6 Å². The van der Waals surface area contributed by atoms with Gasteiger partial charge in [-0.1, -0.05) is 25.5 Å². The molecule has 7 atom stereocenters. The summed E-state index contributed by atoms with van der Waals surface area (Å²) >= 11 is 0. The van der Waals surface area contributed by atoms with Crippen molar-refractivity contribution in [3.8, 4) is 0 Å². The van der Waals surface area contributed by atoms with Gasteiger partial charge in [0.2, 0.25) is 0 Å². The van der Waals surface area contributed by atoms with Gasteiger partial charge >= 0.3 is 17.9 Å². The maximum atomic E-state index is 12.9. The molecule has 32 heavy (non-hydrogen) atoms. The Morgan fingerprint density at radius 3 is 2.25 bits per heavy atom. The highest BCUT2D eigenvalue weighted by Crippen LogP contribution is 2.64. The highest BCUT2D eigenvalue weighted by atomic mass is 16.6. The van der Waals surface area contributed by atoms with Crippen LogP contribution >= 0.6 is 0 Å². The number of aliphatic hydroxyl groups is 1. The number of ether oxygens (including phenoxy) is 3. The van der Waals surface area contributed by atoms with Gasteiger partial charge in [-0.05, 0) is 50.5 Å². The highest BCUT2D eigenvalue weighted by Gasteiger charge is 2.64. The summed E-state index contributed by atoms with van der Waals surface area (Å²) in [6.45, 7) is 12.6. The van der Waals surface area contributed by atoms with Crippen LogP contribution in [0.15, 0.2) is 23.8 Å². The number of carbonyl (C=O) groups is 3. The van der Waals surface area contributed by atoms with E-state index in [1.165, 1.54) is 21.0 Å². The van der Waals surface area contributed by atoms with Gasteiger partial charge in [0.15, 0.2) is 0 Å². The van der Waals surface area contributed by atoms with E-state index in [4.69, 9.17) is 14.2 Å². The molecule has 0 amide bonds. The Morgan fingerprint density at radius 2 is 1.72 bits per heavy atom. The van der Waals surface area contributed by atoms with Gasteiger partial charge in [0.1, 0.15) is 12.2 Å². The van der Waals surface area contributed by atoms with Crippen molar-refractivity contribution >= 4 is 17.9 Å². The molecule has 1 N–H and O–H groups in total. The first-order valence-corrected chi connectivity index (χ1v) is 11.3. The van der Waals surface area contributed by atoms with Crippen LogP contribution in [0.25, 0.3) is 0 Å². The monoisotopic (exact) mass is 448 g/mol. The summed E-state index contributed by atoms with van der Waals surface area (Å²) in [5.41, 5.74) is -0.490. The minimum absolute atomic E-state index is 0.281. The molecule has 3 aliphatic rings. The largest absolute Gasteiger partial charge is 0.469 e. The van der Waals surface area contributed by atoms with E-state index >= 15 is 0 Å². The second-order valence-electron chi connectivity index (χ2n) is 10.3. The number of fused-ring (bicyclic) bond motifs is 2. The SMILES string of the molecule is C=C[C@@]1(C)CCC2=C([C@H](O)C[C@@H]3[C@]2(C)[C@@H](OC(C)=O)CC[C@@]3(C)C(=O)OC)[C@H]1OC(C)=O. The van der Waals surface area contributed by atoms with Crippen molar-refractivity contribution < 1.29 is 33.7 Å². The maximum absolute atomic E-state index is 12.9. The zero-order valence-corrected chi connectivity index (χ0v) is 20.0. The van der Waals surface area contributed by atoms with Crippen molar-refractivity contribution in [2.45, 2.75) is 85.0 Å². The maximum Gasteiger partial charge on any atom is 0.311 e. The van der Waals surface area contributed by atoms with E-state index in [1.54, 1.807) is 6.08 Å². The van der Waals surface area contributed by atoms with E-state index in [2.05, 4.69) is 6.58 Å². The Kier molecular flexibility index (Phi) is 6.37. The quantitative estimate of drug-likeness (QED) is 0.399. The smallest absolute Gasteiger partial charge is 0.311 e. The summed E-state index contributed by atoms with van der Waals surface area (Å²) in [7, 11) is 1.37. The molecule has 0 saturated heterocycles. The number of esters is 3. The lowest BCUT2D eigenvalue weighted by Crippen LogP contribution is -2.61. The molecule has 178 valence electrons. The van der Waals surface area contributed by atoms with Gasteiger partial charge in [0, 0.05) is 24.7 Å². The van der Waals surface area contributed by atoms with Crippen LogP contribution in [0.4, 0.5) is 0 Å². The van der Waals surface area contributed by atoms with Crippen LogP contribution in [0, 0.1) is 22.2 Å². The molecule has 1 saturated carbocycles. The topological polar surface area (TPSA) is 99.1 Å². The van der Waals surface area contributed by atoms with Crippen LogP contribution in [0.2, 0.25) is 0 Å². The van der Waals surface area contributed by atoms with Crippen molar-refractivity contribution in [1.82, 2.24) is 0 Å². The van der Waals surface area contributed by atoms with Crippen molar-refractivity contribution in [3.05, 3.63) is 23.8 Å². The average Bonchev–Trinajstić information content (AvgIpc) is 2.72. The second-order valence-corrected chi connectivity index (χ2v) is 10.3. The minimum Gasteiger partial charge on any atom is -0.469 e. The van der Waals surface area contributed by atoms with Crippen LogP contribution in [0.1, 0.15) is 66.7 Å². The summed E-state index contributed by atoms with van der Waals surface area (Å²) in [6, 6.07) is 0. The first kappa shape index (κ1) is 24.5. The number of hydrogen-bond donors (Lipinski definition) is 1. The fraction of sp³-hybridized carbons (Fsp3) is 0.720. The number of aliphatic hydroxyl groups excluding tert-OH is 1. The third-order valence-electron chi connectivity index (χ3n) is 8.41. The van der Waals surface area contributed by atoms with Gasteiger partial charge in [-0.3, -0.25) is 14.4 Å². The summed E-state index contributed by atoms with van der Waals surface area (Å²) in [6.07, 6.45) is 2.32. The molecule has 0 radical (unpaired) electrons. The van der Waals surface area contributed by atoms with Gasteiger partial charge in [-0.15, -0.1) is 6.58 Å².